The Morgan fingerprint density at radius 3 is 2.10 bits per heavy atom. The van der Waals surface area contributed by atoms with E-state index in [1.807, 2.05) is 19.1 Å². The third kappa shape index (κ3) is 5.47. The molecule has 0 fully saturated rings. The summed E-state index contributed by atoms with van der Waals surface area (Å²) in [6.45, 7) is 3.75. The molecule has 0 aliphatic carbocycles. The van der Waals surface area contributed by atoms with Crippen LogP contribution in [0.4, 0.5) is 5.69 Å². The molecule has 0 unspecified atom stereocenters. The van der Waals surface area contributed by atoms with E-state index in [1.54, 1.807) is 55.5 Å². The van der Waals surface area contributed by atoms with Crippen LogP contribution >= 0.6 is 23.2 Å². The molecule has 152 valence electrons. The van der Waals surface area contributed by atoms with Gasteiger partial charge in [0.05, 0.1) is 16.3 Å². The third-order valence-electron chi connectivity index (χ3n) is 4.38. The molecule has 0 aromatic heterocycles. The van der Waals surface area contributed by atoms with Crippen molar-refractivity contribution in [1.29, 1.82) is 0 Å². The van der Waals surface area contributed by atoms with E-state index in [2.05, 4.69) is 15.8 Å². The van der Waals surface area contributed by atoms with E-state index in [-0.39, 0.29) is 16.8 Å². The van der Waals surface area contributed by atoms with Gasteiger partial charge in [0.25, 0.3) is 11.8 Å². The minimum absolute atomic E-state index is 0.280. The van der Waals surface area contributed by atoms with E-state index in [0.717, 1.165) is 11.1 Å². The summed E-state index contributed by atoms with van der Waals surface area (Å²) in [5.74, 6) is -0.613. The van der Waals surface area contributed by atoms with Gasteiger partial charge in [-0.15, -0.1) is 0 Å². The summed E-state index contributed by atoms with van der Waals surface area (Å²) in [5, 5.41) is 7.68. The molecule has 0 saturated carbocycles. The molecule has 0 radical (unpaired) electrons. The summed E-state index contributed by atoms with van der Waals surface area (Å²) in [6, 6.07) is 19.0. The maximum absolute atomic E-state index is 12.4. The number of anilines is 1. The maximum Gasteiger partial charge on any atom is 0.271 e. The lowest BCUT2D eigenvalue weighted by Crippen LogP contribution is -2.19. The molecule has 0 saturated heterocycles. The quantitative estimate of drug-likeness (QED) is 0.394. The molecule has 0 spiro atoms. The minimum atomic E-state index is -0.333. The number of nitrogens with one attached hydrogen (secondary N) is 2. The normalized spacial score (nSPS) is 11.1. The Hall–Kier alpha value is -3.15. The fraction of sp³-hybridized carbons (Fsp3) is 0.0870. The molecule has 7 heteroatoms. The fourth-order valence-electron chi connectivity index (χ4n) is 2.64. The number of hydrazone groups is 1. The fourth-order valence-corrected chi connectivity index (χ4v) is 3.13. The monoisotopic (exact) mass is 439 g/mol. The summed E-state index contributed by atoms with van der Waals surface area (Å²) < 4.78 is 0. The van der Waals surface area contributed by atoms with Crippen molar-refractivity contribution >= 4 is 46.4 Å². The predicted octanol–water partition coefficient (Wildman–Crippen LogP) is 5.71. The molecular weight excluding hydrogens is 421 g/mol. The Labute approximate surface area is 184 Å². The highest BCUT2D eigenvalue weighted by molar-refractivity contribution is 6.37. The molecule has 0 bridgehead atoms. The van der Waals surface area contributed by atoms with Crippen LogP contribution in [0.25, 0.3) is 0 Å². The molecule has 30 heavy (non-hydrogen) atoms. The molecular formula is C23H19Cl2N3O2. The predicted molar refractivity (Wildman–Crippen MR) is 122 cm³/mol. The van der Waals surface area contributed by atoms with Crippen LogP contribution in [-0.2, 0) is 0 Å². The Morgan fingerprint density at radius 2 is 1.47 bits per heavy atom. The van der Waals surface area contributed by atoms with Gasteiger partial charge in [0.1, 0.15) is 0 Å². The molecule has 3 rings (SSSR count). The summed E-state index contributed by atoms with van der Waals surface area (Å²) in [7, 11) is 0. The van der Waals surface area contributed by atoms with Crippen LogP contribution in [0.2, 0.25) is 10.0 Å². The van der Waals surface area contributed by atoms with Crippen LogP contribution in [0.1, 0.15) is 38.8 Å². The zero-order chi connectivity index (χ0) is 21.7. The first kappa shape index (κ1) is 21.6. The van der Waals surface area contributed by atoms with Gasteiger partial charge < -0.3 is 5.32 Å². The number of amides is 2. The number of hydrogen-bond acceptors (Lipinski definition) is 3. The van der Waals surface area contributed by atoms with Crippen molar-refractivity contribution in [1.82, 2.24) is 5.43 Å². The SMILES string of the molecule is C/C(=N/NC(=O)c1ccc(C)cc1)c1ccc(NC(=O)c2ccc(Cl)cc2Cl)cc1. The molecule has 3 aromatic rings. The first-order valence-corrected chi connectivity index (χ1v) is 9.87. The second kappa shape index (κ2) is 9.57. The highest BCUT2D eigenvalue weighted by atomic mass is 35.5. The standard InChI is InChI=1S/C23H19Cl2N3O2/c1-14-3-5-17(6-4-14)22(29)28-27-15(2)16-7-10-19(11-8-16)26-23(30)20-12-9-18(24)13-21(20)25/h3-13H,1-2H3,(H,26,30)(H,28,29)/b27-15-. The number of hydrogen-bond donors (Lipinski definition) is 2. The number of benzene rings is 3. The maximum atomic E-state index is 12.4. The van der Waals surface area contributed by atoms with Gasteiger partial charge in [-0.2, -0.15) is 5.10 Å². The van der Waals surface area contributed by atoms with E-state index < -0.39 is 0 Å². The van der Waals surface area contributed by atoms with Crippen molar-refractivity contribution < 1.29 is 9.59 Å². The van der Waals surface area contributed by atoms with Crippen LogP contribution in [-0.4, -0.2) is 17.5 Å². The molecule has 2 amide bonds. The number of aryl methyl sites for hydroxylation is 1. The Bertz CT molecular complexity index is 1110. The van der Waals surface area contributed by atoms with Crippen molar-refractivity contribution in [3.05, 3.63) is 99.0 Å². The average Bonchev–Trinajstić information content (AvgIpc) is 2.72. The Kier molecular flexibility index (Phi) is 6.87. The summed E-state index contributed by atoms with van der Waals surface area (Å²) in [5.41, 5.74) is 6.55. The zero-order valence-electron chi connectivity index (χ0n) is 16.4. The van der Waals surface area contributed by atoms with Gasteiger partial charge in [-0.05, 0) is 61.9 Å². The van der Waals surface area contributed by atoms with Gasteiger partial charge in [-0.1, -0.05) is 53.0 Å². The van der Waals surface area contributed by atoms with Crippen LogP contribution in [0, 0.1) is 6.92 Å². The van der Waals surface area contributed by atoms with Gasteiger partial charge >= 0.3 is 0 Å². The molecule has 2 N–H and O–H groups in total. The van der Waals surface area contributed by atoms with Crippen molar-refractivity contribution in [2.24, 2.45) is 5.10 Å². The van der Waals surface area contributed by atoms with Gasteiger partial charge in [0.15, 0.2) is 0 Å². The van der Waals surface area contributed by atoms with E-state index in [1.165, 1.54) is 6.07 Å². The second-order valence-electron chi connectivity index (χ2n) is 6.66. The van der Waals surface area contributed by atoms with Crippen LogP contribution in [0.5, 0.6) is 0 Å². The van der Waals surface area contributed by atoms with Crippen molar-refractivity contribution in [2.75, 3.05) is 5.32 Å². The molecule has 3 aromatic carbocycles. The molecule has 0 atom stereocenters. The molecule has 0 heterocycles. The lowest BCUT2D eigenvalue weighted by atomic mass is 10.1. The number of rotatable bonds is 5. The highest BCUT2D eigenvalue weighted by Gasteiger charge is 2.11. The zero-order valence-corrected chi connectivity index (χ0v) is 17.9. The van der Waals surface area contributed by atoms with Gasteiger partial charge in [-0.3, -0.25) is 9.59 Å². The topological polar surface area (TPSA) is 70.6 Å². The molecule has 0 aliphatic heterocycles. The number of carbonyl (C=O) groups excluding carboxylic acids is 2. The average molecular weight is 440 g/mol. The van der Waals surface area contributed by atoms with Crippen LogP contribution in [0.15, 0.2) is 71.8 Å². The number of halogens is 2. The summed E-state index contributed by atoms with van der Waals surface area (Å²) in [4.78, 5) is 24.6. The van der Waals surface area contributed by atoms with Crippen molar-refractivity contribution in [3.8, 4) is 0 Å². The Balaban J connectivity index is 1.64. The lowest BCUT2D eigenvalue weighted by Gasteiger charge is -2.08. The number of carbonyl (C=O) groups is 2. The Morgan fingerprint density at radius 1 is 0.833 bits per heavy atom. The van der Waals surface area contributed by atoms with Gasteiger partial charge in [0, 0.05) is 16.3 Å². The van der Waals surface area contributed by atoms with E-state index in [4.69, 9.17) is 23.2 Å². The first-order chi connectivity index (χ1) is 14.3. The second-order valence-corrected chi connectivity index (χ2v) is 7.50. The lowest BCUT2D eigenvalue weighted by molar-refractivity contribution is 0.0954. The smallest absolute Gasteiger partial charge is 0.271 e. The molecule has 0 aliphatic rings. The number of nitrogens with zero attached hydrogens (tertiary/aromatic N) is 1. The first-order valence-electron chi connectivity index (χ1n) is 9.11. The minimum Gasteiger partial charge on any atom is -0.322 e. The van der Waals surface area contributed by atoms with Crippen LogP contribution in [0.3, 0.4) is 0 Å². The van der Waals surface area contributed by atoms with Crippen LogP contribution < -0.4 is 10.7 Å². The van der Waals surface area contributed by atoms with E-state index in [9.17, 15) is 9.59 Å². The summed E-state index contributed by atoms with van der Waals surface area (Å²) in [6.07, 6.45) is 0. The largest absolute Gasteiger partial charge is 0.322 e. The van der Waals surface area contributed by atoms with E-state index >= 15 is 0 Å². The summed E-state index contributed by atoms with van der Waals surface area (Å²) >= 11 is 11.9. The van der Waals surface area contributed by atoms with E-state index in [0.29, 0.717) is 27.5 Å². The van der Waals surface area contributed by atoms with Gasteiger partial charge in [-0.25, -0.2) is 5.43 Å². The van der Waals surface area contributed by atoms with Gasteiger partial charge in [0.2, 0.25) is 0 Å². The third-order valence-corrected chi connectivity index (χ3v) is 4.92. The van der Waals surface area contributed by atoms with Crippen molar-refractivity contribution in [2.45, 2.75) is 13.8 Å². The van der Waals surface area contributed by atoms with Crippen molar-refractivity contribution in [3.63, 3.8) is 0 Å². The highest BCUT2D eigenvalue weighted by Crippen LogP contribution is 2.22. The molecule has 5 nitrogen and oxygen atoms in total.